The van der Waals surface area contributed by atoms with Crippen molar-refractivity contribution in [1.29, 1.82) is 0 Å². The molecule has 1 fully saturated rings. The van der Waals surface area contributed by atoms with E-state index in [2.05, 4.69) is 28.8 Å². The Morgan fingerprint density at radius 3 is 2.76 bits per heavy atom. The van der Waals surface area contributed by atoms with Crippen LogP contribution in [0.5, 0.6) is 0 Å². The van der Waals surface area contributed by atoms with Crippen LogP contribution in [0.25, 0.3) is 0 Å². The van der Waals surface area contributed by atoms with E-state index in [-0.39, 0.29) is 11.1 Å². The highest BCUT2D eigenvalue weighted by Crippen LogP contribution is 2.21. The topological polar surface area (TPSA) is 73.4 Å². The number of methoxy groups -OCH3 is 1. The number of nitrogens with zero attached hydrogens (tertiary/aromatic N) is 1. The molecule has 0 radical (unpaired) electrons. The zero-order valence-electron chi connectivity index (χ0n) is 10.1. The Bertz CT molecular complexity index is 408. The predicted molar refractivity (Wildman–Crippen MR) is 61.0 cm³/mol. The normalized spacial score (nSPS) is 19.1. The van der Waals surface area contributed by atoms with E-state index < -0.39 is 13.1 Å². The molecule has 2 heterocycles. The Balaban J connectivity index is 2.14. The van der Waals surface area contributed by atoms with Gasteiger partial charge in [0.15, 0.2) is 0 Å². The molecule has 7 heteroatoms. The number of carbonyl (C=O) groups is 1. The molecule has 0 atom stereocenters. The Morgan fingerprint density at radius 2 is 2.18 bits per heavy atom. The summed E-state index contributed by atoms with van der Waals surface area (Å²) in [6.45, 7) is 5.26. The molecular formula is C10H15BN2O4. The van der Waals surface area contributed by atoms with Crippen LogP contribution in [0.2, 0.25) is 0 Å². The Labute approximate surface area is 99.8 Å². The second-order valence-corrected chi connectivity index (χ2v) is 4.81. The molecule has 0 amide bonds. The molecule has 0 spiro atoms. The van der Waals surface area contributed by atoms with Gasteiger partial charge < -0.3 is 14.0 Å². The van der Waals surface area contributed by atoms with Crippen LogP contribution >= 0.6 is 0 Å². The second kappa shape index (κ2) is 4.50. The summed E-state index contributed by atoms with van der Waals surface area (Å²) >= 11 is 0. The molecule has 1 aromatic heterocycles. The van der Waals surface area contributed by atoms with E-state index in [1.165, 1.54) is 13.3 Å². The van der Waals surface area contributed by atoms with E-state index in [1.807, 2.05) is 0 Å². The highest BCUT2D eigenvalue weighted by molar-refractivity contribution is 6.62. The van der Waals surface area contributed by atoms with Crippen molar-refractivity contribution in [2.24, 2.45) is 5.41 Å². The number of esters is 1. The third-order valence-electron chi connectivity index (χ3n) is 2.56. The van der Waals surface area contributed by atoms with Gasteiger partial charge in [-0.1, -0.05) is 13.8 Å². The predicted octanol–water partition coefficient (Wildman–Crippen LogP) is -0.0355. The summed E-state index contributed by atoms with van der Waals surface area (Å²) in [5.74, 6) is -0.477. The van der Waals surface area contributed by atoms with Gasteiger partial charge in [0.25, 0.3) is 0 Å². The summed E-state index contributed by atoms with van der Waals surface area (Å²) in [5, 5.41) is 6.41. The van der Waals surface area contributed by atoms with Crippen LogP contribution in [0.3, 0.4) is 0 Å². The molecule has 1 aliphatic heterocycles. The first-order valence-corrected chi connectivity index (χ1v) is 5.38. The van der Waals surface area contributed by atoms with Gasteiger partial charge in [-0.15, -0.1) is 0 Å². The molecule has 17 heavy (non-hydrogen) atoms. The monoisotopic (exact) mass is 238 g/mol. The van der Waals surface area contributed by atoms with Crippen molar-refractivity contribution in [3.05, 3.63) is 11.9 Å². The minimum Gasteiger partial charge on any atom is -0.464 e. The average Bonchev–Trinajstić information content (AvgIpc) is 2.77. The molecular weight excluding hydrogens is 223 g/mol. The van der Waals surface area contributed by atoms with Crippen LogP contribution in [-0.4, -0.2) is 43.6 Å². The third kappa shape index (κ3) is 2.50. The minimum absolute atomic E-state index is 0.00827. The minimum atomic E-state index is -0.559. The Kier molecular flexibility index (Phi) is 3.21. The zero-order chi connectivity index (χ0) is 12.5. The fourth-order valence-corrected chi connectivity index (χ4v) is 1.61. The molecule has 1 N–H and O–H groups in total. The molecule has 6 nitrogen and oxygen atoms in total. The van der Waals surface area contributed by atoms with Crippen molar-refractivity contribution in [2.75, 3.05) is 20.3 Å². The maximum absolute atomic E-state index is 11.5. The molecule has 0 unspecified atom stereocenters. The molecule has 1 aromatic rings. The molecule has 0 aromatic carbocycles. The van der Waals surface area contributed by atoms with E-state index in [0.29, 0.717) is 18.7 Å². The summed E-state index contributed by atoms with van der Waals surface area (Å²) in [6, 6.07) is 0. The van der Waals surface area contributed by atoms with Crippen LogP contribution < -0.4 is 5.46 Å². The first-order valence-electron chi connectivity index (χ1n) is 5.38. The number of rotatable bonds is 2. The van der Waals surface area contributed by atoms with Crippen LogP contribution in [0, 0.1) is 5.41 Å². The van der Waals surface area contributed by atoms with Gasteiger partial charge in [0.2, 0.25) is 0 Å². The SMILES string of the molecule is COC(=O)c1[nH]ncc1B1OCC(C)(C)CO1. The lowest BCUT2D eigenvalue weighted by Gasteiger charge is -2.32. The summed E-state index contributed by atoms with van der Waals surface area (Å²) in [6.07, 6.45) is 1.52. The van der Waals surface area contributed by atoms with Gasteiger partial charge in [0, 0.05) is 30.3 Å². The first kappa shape index (κ1) is 12.1. The van der Waals surface area contributed by atoms with Crippen molar-refractivity contribution in [1.82, 2.24) is 10.2 Å². The quantitative estimate of drug-likeness (QED) is 0.578. The largest absolute Gasteiger partial charge is 0.498 e. The average molecular weight is 238 g/mol. The number of nitrogens with one attached hydrogen (secondary N) is 1. The molecule has 92 valence electrons. The fraction of sp³-hybridized carbons (Fsp3) is 0.600. The van der Waals surface area contributed by atoms with Gasteiger partial charge >= 0.3 is 13.1 Å². The third-order valence-corrected chi connectivity index (χ3v) is 2.56. The number of H-pyrrole nitrogens is 1. The van der Waals surface area contributed by atoms with Gasteiger partial charge in [-0.25, -0.2) is 4.79 Å². The molecule has 0 bridgehead atoms. The molecule has 0 aliphatic carbocycles. The van der Waals surface area contributed by atoms with E-state index in [4.69, 9.17) is 9.31 Å². The maximum Gasteiger partial charge on any atom is 0.498 e. The number of hydrogen-bond donors (Lipinski definition) is 1. The highest BCUT2D eigenvalue weighted by atomic mass is 16.6. The van der Waals surface area contributed by atoms with E-state index in [9.17, 15) is 4.79 Å². The van der Waals surface area contributed by atoms with Gasteiger partial charge in [0.1, 0.15) is 5.69 Å². The Hall–Kier alpha value is -1.34. The van der Waals surface area contributed by atoms with E-state index in [1.54, 1.807) is 0 Å². The molecule has 2 rings (SSSR count). The van der Waals surface area contributed by atoms with Crippen molar-refractivity contribution >= 4 is 18.6 Å². The first-order chi connectivity index (χ1) is 8.03. The second-order valence-electron chi connectivity index (χ2n) is 4.81. The lowest BCUT2D eigenvalue weighted by atomic mass is 9.76. The van der Waals surface area contributed by atoms with Crippen LogP contribution in [0.4, 0.5) is 0 Å². The van der Waals surface area contributed by atoms with Crippen molar-refractivity contribution in [2.45, 2.75) is 13.8 Å². The zero-order valence-corrected chi connectivity index (χ0v) is 10.1. The highest BCUT2D eigenvalue weighted by Gasteiger charge is 2.36. The van der Waals surface area contributed by atoms with E-state index in [0.717, 1.165) is 0 Å². The molecule has 1 aliphatic rings. The van der Waals surface area contributed by atoms with Gasteiger partial charge in [0.05, 0.1) is 7.11 Å². The van der Waals surface area contributed by atoms with Crippen molar-refractivity contribution in [3.63, 3.8) is 0 Å². The number of hydrogen-bond acceptors (Lipinski definition) is 5. The Morgan fingerprint density at radius 1 is 1.53 bits per heavy atom. The van der Waals surface area contributed by atoms with Crippen molar-refractivity contribution < 1.29 is 18.8 Å². The summed E-state index contributed by atoms with van der Waals surface area (Å²) in [5.41, 5.74) is 0.843. The lowest BCUT2D eigenvalue weighted by Crippen LogP contribution is -2.48. The van der Waals surface area contributed by atoms with E-state index >= 15 is 0 Å². The van der Waals surface area contributed by atoms with Crippen LogP contribution in [0.1, 0.15) is 24.3 Å². The molecule has 0 saturated carbocycles. The maximum atomic E-state index is 11.5. The smallest absolute Gasteiger partial charge is 0.464 e. The summed E-state index contributed by atoms with van der Waals surface area (Å²) < 4.78 is 15.8. The number of aromatic nitrogens is 2. The fourth-order valence-electron chi connectivity index (χ4n) is 1.61. The van der Waals surface area contributed by atoms with Crippen LogP contribution in [0.15, 0.2) is 6.20 Å². The molecule has 1 saturated heterocycles. The number of carbonyl (C=O) groups excluding carboxylic acids is 1. The van der Waals surface area contributed by atoms with Crippen molar-refractivity contribution in [3.8, 4) is 0 Å². The number of aromatic amines is 1. The summed E-state index contributed by atoms with van der Waals surface area (Å²) in [7, 11) is 0.759. The number of ether oxygens (including phenoxy) is 1. The lowest BCUT2D eigenvalue weighted by molar-refractivity contribution is 0.0340. The van der Waals surface area contributed by atoms with Gasteiger partial charge in [-0.2, -0.15) is 5.10 Å². The van der Waals surface area contributed by atoms with Gasteiger partial charge in [-0.3, -0.25) is 5.10 Å². The summed E-state index contributed by atoms with van der Waals surface area (Å²) in [4.78, 5) is 11.5. The van der Waals surface area contributed by atoms with Crippen LogP contribution in [-0.2, 0) is 14.0 Å². The van der Waals surface area contributed by atoms with Gasteiger partial charge in [-0.05, 0) is 0 Å². The standard InChI is InChI=1S/C10H15BN2O4/c1-10(2)5-16-11(17-6-10)7-4-12-13-8(7)9(14)15-3/h4H,5-6H2,1-3H3,(H,12,13).